The number of anilines is 1. The van der Waals surface area contributed by atoms with Crippen molar-refractivity contribution in [1.29, 1.82) is 0 Å². The second-order valence-corrected chi connectivity index (χ2v) is 3.13. The molecule has 0 unspecified atom stereocenters. The molecule has 0 aliphatic carbocycles. The molecule has 2 rings (SSSR count). The van der Waals surface area contributed by atoms with E-state index in [1.54, 1.807) is 13.1 Å². The highest BCUT2D eigenvalue weighted by Gasteiger charge is 2.16. The van der Waals surface area contributed by atoms with Crippen molar-refractivity contribution in [3.05, 3.63) is 23.6 Å². The van der Waals surface area contributed by atoms with Crippen molar-refractivity contribution in [2.45, 2.75) is 13.3 Å². The highest BCUT2D eigenvalue weighted by Crippen LogP contribution is 2.19. The third-order valence-electron chi connectivity index (χ3n) is 2.20. The molecular formula is C9H11FN2. The van der Waals surface area contributed by atoms with E-state index in [1.807, 2.05) is 0 Å². The first-order valence-electron chi connectivity index (χ1n) is 4.14. The maximum atomic E-state index is 13.0. The zero-order valence-electron chi connectivity index (χ0n) is 7.05. The molecule has 2 nitrogen and oxygen atoms in total. The summed E-state index contributed by atoms with van der Waals surface area (Å²) < 4.78 is 13.0. The van der Waals surface area contributed by atoms with Crippen LogP contribution in [0.4, 0.5) is 10.2 Å². The van der Waals surface area contributed by atoms with Gasteiger partial charge in [0.2, 0.25) is 0 Å². The first-order chi connectivity index (χ1) is 5.77. The van der Waals surface area contributed by atoms with Gasteiger partial charge in [-0.3, -0.25) is 0 Å². The van der Waals surface area contributed by atoms with Gasteiger partial charge in [-0.2, -0.15) is 0 Å². The summed E-state index contributed by atoms with van der Waals surface area (Å²) in [7, 11) is 0. The Morgan fingerprint density at radius 1 is 1.50 bits per heavy atom. The SMILES string of the molecule is Cc1cnc(N2CCC2)cc1F. The zero-order valence-corrected chi connectivity index (χ0v) is 7.05. The van der Waals surface area contributed by atoms with E-state index in [2.05, 4.69) is 9.88 Å². The zero-order chi connectivity index (χ0) is 8.55. The molecule has 0 aromatic carbocycles. The summed E-state index contributed by atoms with van der Waals surface area (Å²) in [4.78, 5) is 6.22. The standard InChI is InChI=1S/C9H11FN2/c1-7-6-11-9(5-8(7)10)12-3-2-4-12/h5-6H,2-4H2,1H3. The fourth-order valence-electron chi connectivity index (χ4n) is 1.21. The lowest BCUT2D eigenvalue weighted by Crippen LogP contribution is -2.37. The lowest BCUT2D eigenvalue weighted by atomic mass is 10.2. The number of hydrogen-bond donors (Lipinski definition) is 0. The monoisotopic (exact) mass is 166 g/mol. The van der Waals surface area contributed by atoms with Crippen LogP contribution in [0.5, 0.6) is 0 Å². The minimum Gasteiger partial charge on any atom is -0.356 e. The topological polar surface area (TPSA) is 16.1 Å². The molecule has 1 aliphatic rings. The van der Waals surface area contributed by atoms with Crippen molar-refractivity contribution in [3.8, 4) is 0 Å². The van der Waals surface area contributed by atoms with Gasteiger partial charge < -0.3 is 4.90 Å². The van der Waals surface area contributed by atoms with Crippen molar-refractivity contribution in [1.82, 2.24) is 4.98 Å². The molecule has 2 heterocycles. The van der Waals surface area contributed by atoms with Crippen molar-refractivity contribution in [2.24, 2.45) is 0 Å². The fraction of sp³-hybridized carbons (Fsp3) is 0.444. The van der Waals surface area contributed by atoms with Crippen molar-refractivity contribution < 1.29 is 4.39 Å². The predicted molar refractivity (Wildman–Crippen MR) is 45.8 cm³/mol. The molecule has 0 spiro atoms. The number of pyridine rings is 1. The van der Waals surface area contributed by atoms with Gasteiger partial charge in [0.15, 0.2) is 0 Å². The summed E-state index contributed by atoms with van der Waals surface area (Å²) in [5.41, 5.74) is 0.610. The molecule has 0 atom stereocenters. The molecule has 3 heteroatoms. The molecule has 0 bridgehead atoms. The Kier molecular flexibility index (Phi) is 1.71. The van der Waals surface area contributed by atoms with Crippen LogP contribution in [0.15, 0.2) is 12.3 Å². The normalized spacial score (nSPS) is 16.0. The van der Waals surface area contributed by atoms with Crippen LogP contribution in [0.25, 0.3) is 0 Å². The Balaban J connectivity index is 2.27. The van der Waals surface area contributed by atoms with Gasteiger partial charge in [0.1, 0.15) is 11.6 Å². The fourth-order valence-corrected chi connectivity index (χ4v) is 1.21. The lowest BCUT2D eigenvalue weighted by Gasteiger charge is -2.31. The molecule has 1 saturated heterocycles. The molecule has 0 amide bonds. The number of hydrogen-bond acceptors (Lipinski definition) is 2. The molecule has 12 heavy (non-hydrogen) atoms. The van der Waals surface area contributed by atoms with Crippen molar-refractivity contribution in [2.75, 3.05) is 18.0 Å². The van der Waals surface area contributed by atoms with Gasteiger partial charge in [0, 0.05) is 30.9 Å². The summed E-state index contributed by atoms with van der Waals surface area (Å²) in [5, 5.41) is 0. The van der Waals surface area contributed by atoms with Crippen LogP contribution in [0, 0.1) is 12.7 Å². The first kappa shape index (κ1) is 7.53. The second-order valence-electron chi connectivity index (χ2n) is 3.13. The Morgan fingerprint density at radius 3 is 2.75 bits per heavy atom. The predicted octanol–water partition coefficient (Wildman–Crippen LogP) is 1.74. The van der Waals surface area contributed by atoms with Gasteiger partial charge in [0.25, 0.3) is 0 Å². The van der Waals surface area contributed by atoms with Crippen molar-refractivity contribution in [3.63, 3.8) is 0 Å². The maximum absolute atomic E-state index is 13.0. The van der Waals surface area contributed by atoms with Gasteiger partial charge in [-0.1, -0.05) is 0 Å². The lowest BCUT2D eigenvalue weighted by molar-refractivity contribution is 0.590. The summed E-state index contributed by atoms with van der Waals surface area (Å²) in [6, 6.07) is 1.51. The maximum Gasteiger partial charge on any atom is 0.131 e. The van der Waals surface area contributed by atoms with Gasteiger partial charge in [-0.05, 0) is 13.3 Å². The van der Waals surface area contributed by atoms with Crippen molar-refractivity contribution >= 4 is 5.82 Å². The highest BCUT2D eigenvalue weighted by atomic mass is 19.1. The molecule has 64 valence electrons. The van der Waals surface area contributed by atoms with Gasteiger partial charge in [0.05, 0.1) is 0 Å². The largest absolute Gasteiger partial charge is 0.356 e. The Hall–Kier alpha value is -1.12. The van der Waals surface area contributed by atoms with E-state index in [0.29, 0.717) is 5.56 Å². The van der Waals surface area contributed by atoms with E-state index in [0.717, 1.165) is 18.9 Å². The molecule has 0 N–H and O–H groups in total. The smallest absolute Gasteiger partial charge is 0.131 e. The summed E-state index contributed by atoms with van der Waals surface area (Å²) in [6.07, 6.45) is 2.78. The molecule has 0 saturated carbocycles. The van der Waals surface area contributed by atoms with Crippen LogP contribution < -0.4 is 4.90 Å². The number of halogens is 1. The van der Waals surface area contributed by atoms with Crippen LogP contribution in [0.3, 0.4) is 0 Å². The number of nitrogens with zero attached hydrogens (tertiary/aromatic N) is 2. The molecule has 0 radical (unpaired) electrons. The molecule has 1 aliphatic heterocycles. The van der Waals surface area contributed by atoms with Crippen LogP contribution in [-0.2, 0) is 0 Å². The van der Waals surface area contributed by atoms with E-state index in [-0.39, 0.29) is 5.82 Å². The van der Waals surface area contributed by atoms with Crippen LogP contribution in [0.1, 0.15) is 12.0 Å². The van der Waals surface area contributed by atoms with E-state index in [1.165, 1.54) is 12.5 Å². The highest BCUT2D eigenvalue weighted by molar-refractivity contribution is 5.41. The Bertz CT molecular complexity index is 295. The number of rotatable bonds is 1. The number of aryl methyl sites for hydroxylation is 1. The Morgan fingerprint density at radius 2 is 2.25 bits per heavy atom. The first-order valence-corrected chi connectivity index (χ1v) is 4.14. The average Bonchev–Trinajstić information content (AvgIpc) is 1.93. The van der Waals surface area contributed by atoms with Crippen LogP contribution in [0.2, 0.25) is 0 Å². The van der Waals surface area contributed by atoms with E-state index < -0.39 is 0 Å². The van der Waals surface area contributed by atoms with Crippen LogP contribution >= 0.6 is 0 Å². The third kappa shape index (κ3) is 1.15. The summed E-state index contributed by atoms with van der Waals surface area (Å²) in [6.45, 7) is 3.74. The average molecular weight is 166 g/mol. The quantitative estimate of drug-likeness (QED) is 0.631. The van der Waals surface area contributed by atoms with E-state index >= 15 is 0 Å². The van der Waals surface area contributed by atoms with E-state index in [4.69, 9.17) is 0 Å². The van der Waals surface area contributed by atoms with Gasteiger partial charge in [-0.15, -0.1) is 0 Å². The van der Waals surface area contributed by atoms with Gasteiger partial charge in [-0.25, -0.2) is 9.37 Å². The Labute approximate surface area is 71.0 Å². The molecular weight excluding hydrogens is 155 g/mol. The molecule has 1 aromatic rings. The van der Waals surface area contributed by atoms with Gasteiger partial charge >= 0.3 is 0 Å². The number of aromatic nitrogens is 1. The van der Waals surface area contributed by atoms with Crippen LogP contribution in [-0.4, -0.2) is 18.1 Å². The summed E-state index contributed by atoms with van der Waals surface area (Å²) >= 11 is 0. The molecule has 1 aromatic heterocycles. The second kappa shape index (κ2) is 2.73. The third-order valence-corrected chi connectivity index (χ3v) is 2.20. The minimum atomic E-state index is -0.160. The minimum absolute atomic E-state index is 0.160. The van der Waals surface area contributed by atoms with E-state index in [9.17, 15) is 4.39 Å². The molecule has 1 fully saturated rings. The summed E-state index contributed by atoms with van der Waals surface area (Å²) in [5.74, 6) is 0.608.